The predicted octanol–water partition coefficient (Wildman–Crippen LogP) is 0.487. The third-order valence-corrected chi connectivity index (χ3v) is 2.82. The Balaban J connectivity index is 2.33. The van der Waals surface area contributed by atoms with E-state index in [-0.39, 0.29) is 0 Å². The number of carbonyl (C=O) groups excluding carboxylic acids is 3. The van der Waals surface area contributed by atoms with Gasteiger partial charge in [-0.15, -0.1) is 0 Å². The number of nitrogens with one attached hydrogen (secondary N) is 1. The lowest BCUT2D eigenvalue weighted by atomic mass is 9.95. The zero-order chi connectivity index (χ0) is 13.3. The minimum absolute atomic E-state index is 0.526. The second kappa shape index (κ2) is 4.48. The molecule has 2 rings (SSSR count). The van der Waals surface area contributed by atoms with E-state index in [4.69, 9.17) is 4.74 Å². The van der Waals surface area contributed by atoms with Gasteiger partial charge in [0.05, 0.1) is 7.11 Å². The molecule has 6 nitrogen and oxygen atoms in total. The highest BCUT2D eigenvalue weighted by Crippen LogP contribution is 2.23. The summed E-state index contributed by atoms with van der Waals surface area (Å²) < 4.78 is 5.00. The second-order valence-electron chi connectivity index (χ2n) is 3.90. The van der Waals surface area contributed by atoms with E-state index in [1.54, 1.807) is 24.3 Å². The Morgan fingerprint density at radius 3 is 2.33 bits per heavy atom. The molecule has 1 aromatic rings. The lowest BCUT2D eigenvalue weighted by molar-refractivity contribution is -0.137. The second-order valence-corrected chi connectivity index (χ2v) is 3.90. The average molecular weight is 248 g/mol. The first-order chi connectivity index (χ1) is 8.54. The molecule has 1 fully saturated rings. The van der Waals surface area contributed by atoms with Crippen LogP contribution >= 0.6 is 0 Å². The summed E-state index contributed by atoms with van der Waals surface area (Å²) in [5.41, 5.74) is 0.526. The molecule has 1 aromatic carbocycles. The minimum atomic E-state index is -0.987. The lowest BCUT2D eigenvalue weighted by Crippen LogP contribution is -2.55. The molecule has 1 aliphatic heterocycles. The number of nitrogens with zero attached hydrogens (tertiary/aromatic N) is 1. The maximum absolute atomic E-state index is 11.9. The van der Waals surface area contributed by atoms with Crippen LogP contribution in [0.25, 0.3) is 0 Å². The molecule has 0 spiro atoms. The number of likely N-dealkylation sites (N-methyl/N-ethyl adjacent to an activating group) is 1. The molecule has 0 aliphatic carbocycles. The number of ether oxygens (including phenoxy) is 1. The number of barbiturate groups is 1. The number of methoxy groups -OCH3 is 1. The summed E-state index contributed by atoms with van der Waals surface area (Å²) >= 11 is 0. The van der Waals surface area contributed by atoms with Crippen LogP contribution in [0.5, 0.6) is 5.75 Å². The molecule has 1 atom stereocenters. The quantitative estimate of drug-likeness (QED) is 0.773. The summed E-state index contributed by atoms with van der Waals surface area (Å²) in [6.07, 6.45) is 0. The molecular weight excluding hydrogens is 236 g/mol. The molecule has 4 amide bonds. The van der Waals surface area contributed by atoms with E-state index in [2.05, 4.69) is 5.32 Å². The molecule has 1 N–H and O–H groups in total. The molecule has 1 unspecified atom stereocenters. The Labute approximate surface area is 104 Å². The number of amides is 4. The van der Waals surface area contributed by atoms with Gasteiger partial charge in [0, 0.05) is 7.05 Å². The summed E-state index contributed by atoms with van der Waals surface area (Å²) in [6.45, 7) is 0. The van der Waals surface area contributed by atoms with Crippen LogP contribution in [0.15, 0.2) is 24.3 Å². The number of rotatable bonds is 2. The van der Waals surface area contributed by atoms with Gasteiger partial charge >= 0.3 is 6.03 Å². The molecule has 1 aliphatic rings. The van der Waals surface area contributed by atoms with Crippen molar-refractivity contribution in [2.75, 3.05) is 14.2 Å². The van der Waals surface area contributed by atoms with E-state index < -0.39 is 23.8 Å². The predicted molar refractivity (Wildman–Crippen MR) is 62.0 cm³/mol. The molecule has 94 valence electrons. The molecule has 0 bridgehead atoms. The van der Waals surface area contributed by atoms with Gasteiger partial charge in [0.2, 0.25) is 11.8 Å². The fraction of sp³-hybridized carbons (Fsp3) is 0.250. The summed E-state index contributed by atoms with van der Waals surface area (Å²) in [4.78, 5) is 35.8. The molecular formula is C12H12N2O4. The number of hydrogen-bond acceptors (Lipinski definition) is 4. The number of urea groups is 1. The molecule has 0 saturated carbocycles. The van der Waals surface area contributed by atoms with E-state index in [9.17, 15) is 14.4 Å². The highest BCUT2D eigenvalue weighted by atomic mass is 16.5. The third-order valence-electron chi connectivity index (χ3n) is 2.82. The monoisotopic (exact) mass is 248 g/mol. The Kier molecular flexibility index (Phi) is 3.01. The van der Waals surface area contributed by atoms with Crippen LogP contribution in [-0.2, 0) is 9.59 Å². The smallest absolute Gasteiger partial charge is 0.330 e. The fourth-order valence-electron chi connectivity index (χ4n) is 1.76. The molecule has 6 heteroatoms. The highest BCUT2D eigenvalue weighted by molar-refractivity contribution is 6.19. The zero-order valence-corrected chi connectivity index (χ0v) is 9.97. The van der Waals surface area contributed by atoms with Gasteiger partial charge in [0.15, 0.2) is 0 Å². The van der Waals surface area contributed by atoms with Gasteiger partial charge in [0.25, 0.3) is 0 Å². The van der Waals surface area contributed by atoms with Crippen LogP contribution in [-0.4, -0.2) is 36.9 Å². The minimum Gasteiger partial charge on any atom is -0.497 e. The first-order valence-corrected chi connectivity index (χ1v) is 5.31. The van der Waals surface area contributed by atoms with Crippen molar-refractivity contribution < 1.29 is 19.1 Å². The van der Waals surface area contributed by atoms with Crippen molar-refractivity contribution in [3.05, 3.63) is 29.8 Å². The zero-order valence-electron chi connectivity index (χ0n) is 9.97. The average Bonchev–Trinajstić information content (AvgIpc) is 2.37. The first kappa shape index (κ1) is 12.1. The number of imide groups is 2. The van der Waals surface area contributed by atoms with Crippen molar-refractivity contribution in [3.8, 4) is 5.75 Å². The first-order valence-electron chi connectivity index (χ1n) is 5.31. The van der Waals surface area contributed by atoms with Gasteiger partial charge < -0.3 is 4.74 Å². The van der Waals surface area contributed by atoms with Crippen LogP contribution in [0.2, 0.25) is 0 Å². The van der Waals surface area contributed by atoms with Crippen molar-refractivity contribution >= 4 is 17.8 Å². The Bertz CT molecular complexity index is 509. The molecule has 0 radical (unpaired) electrons. The topological polar surface area (TPSA) is 75.7 Å². The normalized spacial score (nSPS) is 19.8. The van der Waals surface area contributed by atoms with Crippen LogP contribution in [0.1, 0.15) is 11.5 Å². The summed E-state index contributed by atoms with van der Waals surface area (Å²) in [7, 11) is 2.86. The summed E-state index contributed by atoms with van der Waals surface area (Å²) in [5.74, 6) is -1.49. The van der Waals surface area contributed by atoms with Crippen molar-refractivity contribution in [2.45, 2.75) is 5.92 Å². The number of carbonyl (C=O) groups is 3. The molecule has 18 heavy (non-hydrogen) atoms. The highest BCUT2D eigenvalue weighted by Gasteiger charge is 2.39. The van der Waals surface area contributed by atoms with Crippen LogP contribution in [0.4, 0.5) is 4.79 Å². The Hall–Kier alpha value is -2.37. The third kappa shape index (κ3) is 1.92. The SMILES string of the molecule is COc1ccc(C2C(=O)NC(=O)N(C)C2=O)cc1. The molecule has 1 heterocycles. The van der Waals surface area contributed by atoms with Gasteiger partial charge in [-0.25, -0.2) is 4.79 Å². The lowest BCUT2D eigenvalue weighted by Gasteiger charge is -2.27. The van der Waals surface area contributed by atoms with Crippen LogP contribution in [0.3, 0.4) is 0 Å². The maximum Gasteiger partial charge on any atom is 0.330 e. The van der Waals surface area contributed by atoms with E-state index in [0.717, 1.165) is 4.90 Å². The summed E-state index contributed by atoms with van der Waals surface area (Å²) in [5, 5.41) is 2.13. The van der Waals surface area contributed by atoms with Crippen molar-refractivity contribution in [3.63, 3.8) is 0 Å². The van der Waals surface area contributed by atoms with E-state index in [1.165, 1.54) is 14.2 Å². The van der Waals surface area contributed by atoms with Gasteiger partial charge in [-0.1, -0.05) is 12.1 Å². The van der Waals surface area contributed by atoms with Gasteiger partial charge in [-0.3, -0.25) is 19.8 Å². The van der Waals surface area contributed by atoms with Crippen LogP contribution in [0, 0.1) is 0 Å². The fourth-order valence-corrected chi connectivity index (χ4v) is 1.76. The van der Waals surface area contributed by atoms with Gasteiger partial charge in [0.1, 0.15) is 11.7 Å². The number of hydrogen-bond donors (Lipinski definition) is 1. The van der Waals surface area contributed by atoms with Gasteiger partial charge in [-0.05, 0) is 17.7 Å². The summed E-state index contributed by atoms with van der Waals surface area (Å²) in [6, 6.07) is 5.88. The largest absolute Gasteiger partial charge is 0.497 e. The van der Waals surface area contributed by atoms with Crippen molar-refractivity contribution in [2.24, 2.45) is 0 Å². The van der Waals surface area contributed by atoms with E-state index >= 15 is 0 Å². The van der Waals surface area contributed by atoms with E-state index in [1.807, 2.05) is 0 Å². The Morgan fingerprint density at radius 1 is 1.17 bits per heavy atom. The van der Waals surface area contributed by atoms with Gasteiger partial charge in [-0.2, -0.15) is 0 Å². The molecule has 0 aromatic heterocycles. The van der Waals surface area contributed by atoms with Crippen LogP contribution < -0.4 is 10.1 Å². The molecule has 1 saturated heterocycles. The standard InChI is InChI=1S/C12H12N2O4/c1-14-11(16)9(10(15)13-12(14)17)7-3-5-8(18-2)6-4-7/h3-6,9H,1-2H3,(H,13,15,17). The van der Waals surface area contributed by atoms with E-state index in [0.29, 0.717) is 11.3 Å². The van der Waals surface area contributed by atoms with Crippen molar-refractivity contribution in [1.82, 2.24) is 10.2 Å². The number of benzene rings is 1. The Morgan fingerprint density at radius 2 is 1.78 bits per heavy atom. The van der Waals surface area contributed by atoms with Crippen molar-refractivity contribution in [1.29, 1.82) is 0 Å². The maximum atomic E-state index is 11.9.